The van der Waals surface area contributed by atoms with Gasteiger partial charge in [0.05, 0.1) is 19.1 Å². The lowest BCUT2D eigenvalue weighted by atomic mass is 9.89. The number of carbonyl (C=O) groups excluding carboxylic acids is 1. The maximum atomic E-state index is 13.0. The van der Waals surface area contributed by atoms with Gasteiger partial charge in [-0.3, -0.25) is 4.79 Å². The molecule has 1 aliphatic carbocycles. The zero-order chi connectivity index (χ0) is 11.8. The Balaban J connectivity index is 2.31. The minimum atomic E-state index is -0.698. The Morgan fingerprint density at radius 1 is 1.62 bits per heavy atom. The summed E-state index contributed by atoms with van der Waals surface area (Å²) in [5.41, 5.74) is 7.23. The third-order valence-corrected chi connectivity index (χ3v) is 3.13. The fourth-order valence-electron chi connectivity index (χ4n) is 2.26. The maximum absolute atomic E-state index is 13.0. The highest BCUT2D eigenvalue weighted by Gasteiger charge is 2.37. The summed E-state index contributed by atoms with van der Waals surface area (Å²) in [6.45, 7) is 0. The number of benzene rings is 1. The molecule has 86 valence electrons. The van der Waals surface area contributed by atoms with Crippen LogP contribution in [0.3, 0.4) is 0 Å². The van der Waals surface area contributed by atoms with Crippen LogP contribution in [-0.2, 0) is 21.5 Å². The number of ether oxygens (including phenoxy) is 1. The number of hydrogen-bond donors (Lipinski definition) is 1. The largest absolute Gasteiger partial charge is 0.469 e. The molecule has 0 saturated heterocycles. The van der Waals surface area contributed by atoms with Crippen molar-refractivity contribution < 1.29 is 13.9 Å². The molecule has 0 fully saturated rings. The number of nitrogens with two attached hydrogens (primary N) is 1. The van der Waals surface area contributed by atoms with Gasteiger partial charge in [0.25, 0.3) is 0 Å². The molecule has 0 spiro atoms. The van der Waals surface area contributed by atoms with Crippen molar-refractivity contribution >= 4 is 5.97 Å². The molecule has 4 heteroatoms. The smallest absolute Gasteiger partial charge is 0.307 e. The fraction of sp³-hybridized carbons (Fsp3) is 0.417. The monoisotopic (exact) mass is 223 g/mol. The lowest BCUT2D eigenvalue weighted by molar-refractivity contribution is -0.142. The summed E-state index contributed by atoms with van der Waals surface area (Å²) in [6.07, 6.45) is 1.50. The van der Waals surface area contributed by atoms with E-state index >= 15 is 0 Å². The van der Waals surface area contributed by atoms with E-state index in [1.807, 2.05) is 0 Å². The van der Waals surface area contributed by atoms with Crippen molar-refractivity contribution in [2.24, 2.45) is 5.73 Å². The Morgan fingerprint density at radius 2 is 2.38 bits per heavy atom. The van der Waals surface area contributed by atoms with Crippen LogP contribution in [-0.4, -0.2) is 13.1 Å². The Hall–Kier alpha value is -1.42. The molecule has 3 nitrogen and oxygen atoms in total. The molecular formula is C12H14FNO2. The molecule has 1 aromatic rings. The first kappa shape index (κ1) is 11.1. The average molecular weight is 223 g/mol. The van der Waals surface area contributed by atoms with E-state index in [9.17, 15) is 9.18 Å². The van der Waals surface area contributed by atoms with Crippen molar-refractivity contribution in [3.63, 3.8) is 0 Å². The molecule has 16 heavy (non-hydrogen) atoms. The predicted octanol–water partition coefficient (Wildman–Crippen LogP) is 1.49. The summed E-state index contributed by atoms with van der Waals surface area (Å²) < 4.78 is 17.6. The summed E-state index contributed by atoms with van der Waals surface area (Å²) >= 11 is 0. The summed E-state index contributed by atoms with van der Waals surface area (Å²) in [7, 11) is 1.34. The molecule has 0 aromatic heterocycles. The van der Waals surface area contributed by atoms with Gasteiger partial charge in [-0.1, -0.05) is 6.07 Å². The van der Waals surface area contributed by atoms with Gasteiger partial charge >= 0.3 is 5.97 Å². The van der Waals surface area contributed by atoms with Crippen molar-refractivity contribution in [3.8, 4) is 0 Å². The second-order valence-electron chi connectivity index (χ2n) is 4.21. The number of esters is 1. The van der Waals surface area contributed by atoms with E-state index in [4.69, 9.17) is 5.73 Å². The number of methoxy groups -OCH3 is 1. The first-order valence-corrected chi connectivity index (χ1v) is 5.20. The molecule has 0 aliphatic heterocycles. The van der Waals surface area contributed by atoms with Gasteiger partial charge in [-0.25, -0.2) is 4.39 Å². The van der Waals surface area contributed by atoms with Gasteiger partial charge < -0.3 is 10.5 Å². The second kappa shape index (κ2) is 3.87. The van der Waals surface area contributed by atoms with Crippen LogP contribution < -0.4 is 5.73 Å². The van der Waals surface area contributed by atoms with Crippen molar-refractivity contribution in [1.29, 1.82) is 0 Å². The van der Waals surface area contributed by atoms with Gasteiger partial charge in [0.2, 0.25) is 0 Å². The molecule has 0 amide bonds. The van der Waals surface area contributed by atoms with E-state index in [0.717, 1.165) is 11.1 Å². The van der Waals surface area contributed by atoms with Gasteiger partial charge in [0, 0.05) is 0 Å². The molecule has 1 atom stereocenters. The molecule has 1 unspecified atom stereocenters. The zero-order valence-corrected chi connectivity index (χ0v) is 9.13. The molecule has 0 radical (unpaired) electrons. The van der Waals surface area contributed by atoms with Crippen LogP contribution in [0.4, 0.5) is 4.39 Å². The standard InChI is InChI=1S/C12H14FNO2/c1-16-11(15)7-12(14)5-4-8-6-9(13)2-3-10(8)12/h2-3,6H,4-5,7,14H2,1H3. The molecule has 1 aliphatic rings. The second-order valence-corrected chi connectivity index (χ2v) is 4.21. The van der Waals surface area contributed by atoms with Gasteiger partial charge in [0.15, 0.2) is 0 Å². The molecule has 1 aromatic carbocycles. The number of hydrogen-bond acceptors (Lipinski definition) is 3. The normalized spacial score (nSPS) is 22.9. The SMILES string of the molecule is COC(=O)CC1(N)CCc2cc(F)ccc21. The zero-order valence-electron chi connectivity index (χ0n) is 9.13. The Morgan fingerprint density at radius 3 is 3.06 bits per heavy atom. The topological polar surface area (TPSA) is 52.3 Å². The number of fused-ring (bicyclic) bond motifs is 1. The van der Waals surface area contributed by atoms with Crippen LogP contribution >= 0.6 is 0 Å². The summed E-state index contributed by atoms with van der Waals surface area (Å²) in [5.74, 6) is -0.597. The van der Waals surface area contributed by atoms with Gasteiger partial charge in [-0.2, -0.15) is 0 Å². The number of rotatable bonds is 2. The Bertz CT molecular complexity index is 433. The fourth-order valence-corrected chi connectivity index (χ4v) is 2.26. The van der Waals surface area contributed by atoms with Crippen LogP contribution in [0.5, 0.6) is 0 Å². The van der Waals surface area contributed by atoms with E-state index < -0.39 is 5.54 Å². The Labute approximate surface area is 93.4 Å². The van der Waals surface area contributed by atoms with Gasteiger partial charge in [-0.05, 0) is 36.1 Å². The van der Waals surface area contributed by atoms with E-state index in [1.165, 1.54) is 19.2 Å². The third-order valence-electron chi connectivity index (χ3n) is 3.13. The van der Waals surface area contributed by atoms with E-state index in [2.05, 4.69) is 4.74 Å². The lowest BCUT2D eigenvalue weighted by Crippen LogP contribution is -2.37. The van der Waals surface area contributed by atoms with E-state index in [0.29, 0.717) is 12.8 Å². The summed E-state index contributed by atoms with van der Waals surface area (Å²) in [6, 6.07) is 4.53. The summed E-state index contributed by atoms with van der Waals surface area (Å²) in [5, 5.41) is 0. The molecule has 0 saturated carbocycles. The van der Waals surface area contributed by atoms with Crippen molar-refractivity contribution in [2.75, 3.05) is 7.11 Å². The highest BCUT2D eigenvalue weighted by atomic mass is 19.1. The van der Waals surface area contributed by atoms with Gasteiger partial charge in [-0.15, -0.1) is 0 Å². The third kappa shape index (κ3) is 1.80. The number of carbonyl (C=O) groups is 1. The van der Waals surface area contributed by atoms with Crippen LogP contribution in [0.25, 0.3) is 0 Å². The van der Waals surface area contributed by atoms with Gasteiger partial charge in [0.1, 0.15) is 5.82 Å². The average Bonchev–Trinajstić information content (AvgIpc) is 2.55. The molecule has 2 N–H and O–H groups in total. The number of halogens is 1. The highest BCUT2D eigenvalue weighted by molar-refractivity contribution is 5.71. The Kier molecular flexibility index (Phi) is 2.68. The van der Waals surface area contributed by atoms with Crippen molar-refractivity contribution in [3.05, 3.63) is 35.1 Å². The van der Waals surface area contributed by atoms with Crippen molar-refractivity contribution in [2.45, 2.75) is 24.8 Å². The molecule has 2 rings (SSSR count). The van der Waals surface area contributed by atoms with Crippen LogP contribution in [0.1, 0.15) is 24.0 Å². The van der Waals surface area contributed by atoms with Crippen LogP contribution in [0.15, 0.2) is 18.2 Å². The van der Waals surface area contributed by atoms with Crippen LogP contribution in [0.2, 0.25) is 0 Å². The minimum Gasteiger partial charge on any atom is -0.469 e. The van der Waals surface area contributed by atoms with E-state index in [-0.39, 0.29) is 18.2 Å². The minimum absolute atomic E-state index is 0.141. The molecule has 0 bridgehead atoms. The van der Waals surface area contributed by atoms with Crippen LogP contribution in [0, 0.1) is 5.82 Å². The summed E-state index contributed by atoms with van der Waals surface area (Å²) in [4.78, 5) is 11.3. The highest BCUT2D eigenvalue weighted by Crippen LogP contribution is 2.37. The first-order valence-electron chi connectivity index (χ1n) is 5.20. The maximum Gasteiger partial charge on any atom is 0.307 e. The number of aryl methyl sites for hydroxylation is 1. The first-order chi connectivity index (χ1) is 7.55. The predicted molar refractivity (Wildman–Crippen MR) is 57.2 cm³/mol. The molecular weight excluding hydrogens is 209 g/mol. The van der Waals surface area contributed by atoms with E-state index in [1.54, 1.807) is 6.07 Å². The quantitative estimate of drug-likeness (QED) is 0.773. The van der Waals surface area contributed by atoms with Crippen molar-refractivity contribution in [1.82, 2.24) is 0 Å². The molecule has 0 heterocycles. The lowest BCUT2D eigenvalue weighted by Gasteiger charge is -2.23.